The molecule has 7 nitrogen and oxygen atoms in total. The van der Waals surface area contributed by atoms with Crippen molar-refractivity contribution in [3.63, 3.8) is 0 Å². The predicted molar refractivity (Wildman–Crippen MR) is 127 cm³/mol. The van der Waals surface area contributed by atoms with E-state index >= 15 is 0 Å². The van der Waals surface area contributed by atoms with E-state index in [9.17, 15) is 4.79 Å². The Morgan fingerprint density at radius 3 is 2.84 bits per heavy atom. The quantitative estimate of drug-likeness (QED) is 0.300. The highest BCUT2D eigenvalue weighted by molar-refractivity contribution is 8.01. The van der Waals surface area contributed by atoms with Crippen LogP contribution in [0.4, 0.5) is 10.5 Å². The topological polar surface area (TPSA) is 66.7 Å². The molecule has 2 heterocycles. The van der Waals surface area contributed by atoms with Crippen molar-refractivity contribution in [3.8, 4) is 0 Å². The first-order chi connectivity index (χ1) is 14.9. The van der Waals surface area contributed by atoms with Gasteiger partial charge in [0.15, 0.2) is 0 Å². The number of fused-ring (bicyclic) bond motifs is 1. The number of carbonyl (C=O) groups is 1. The van der Waals surface area contributed by atoms with Gasteiger partial charge in [0.25, 0.3) is 0 Å². The molecule has 31 heavy (non-hydrogen) atoms. The Bertz CT molecular complexity index is 923. The van der Waals surface area contributed by atoms with E-state index in [-0.39, 0.29) is 12.1 Å². The lowest BCUT2D eigenvalue weighted by atomic mass is 10.00. The molecule has 0 atom stereocenters. The number of hydrogen-bond acceptors (Lipinski definition) is 7. The fraction of sp³-hybridized carbons (Fsp3) is 0.409. The highest BCUT2D eigenvalue weighted by Crippen LogP contribution is 2.36. The van der Waals surface area contributed by atoms with Gasteiger partial charge in [0.1, 0.15) is 6.61 Å². The zero-order valence-electron chi connectivity index (χ0n) is 18.0. The van der Waals surface area contributed by atoms with E-state index in [1.54, 1.807) is 13.0 Å². The largest absolute Gasteiger partial charge is 0.444 e. The third kappa shape index (κ3) is 5.90. The molecule has 0 saturated carbocycles. The van der Waals surface area contributed by atoms with Crippen molar-refractivity contribution in [1.29, 1.82) is 0 Å². The van der Waals surface area contributed by atoms with Crippen molar-refractivity contribution in [2.24, 2.45) is 10.3 Å². The van der Waals surface area contributed by atoms with E-state index in [1.165, 1.54) is 18.2 Å². The van der Waals surface area contributed by atoms with Gasteiger partial charge in [0.05, 0.1) is 22.6 Å². The Balaban J connectivity index is 1.55. The van der Waals surface area contributed by atoms with Crippen LogP contribution in [0.15, 0.2) is 51.1 Å². The summed E-state index contributed by atoms with van der Waals surface area (Å²) >= 11 is 7.35. The van der Waals surface area contributed by atoms with Gasteiger partial charge in [0.2, 0.25) is 0 Å². The summed E-state index contributed by atoms with van der Waals surface area (Å²) in [7, 11) is 0. The third-order valence-electron chi connectivity index (χ3n) is 5.22. The number of oxime groups is 2. The fourth-order valence-corrected chi connectivity index (χ4v) is 4.42. The molecule has 9 heteroatoms. The summed E-state index contributed by atoms with van der Waals surface area (Å²) in [5, 5.41) is 8.10. The van der Waals surface area contributed by atoms with Crippen LogP contribution in [-0.2, 0) is 16.3 Å². The van der Waals surface area contributed by atoms with E-state index < -0.39 is 0 Å². The predicted octanol–water partition coefficient (Wildman–Crippen LogP) is 5.60. The minimum atomic E-state index is -0.254. The number of rotatable bonds is 7. The van der Waals surface area contributed by atoms with Gasteiger partial charge in [-0.1, -0.05) is 52.8 Å². The number of halogens is 1. The van der Waals surface area contributed by atoms with Crippen molar-refractivity contribution in [2.45, 2.75) is 46.3 Å². The number of piperidine rings is 1. The zero-order chi connectivity index (χ0) is 22.4. The number of aryl methyl sites for hydroxylation is 1. The van der Waals surface area contributed by atoms with Crippen molar-refractivity contribution >= 4 is 47.3 Å². The van der Waals surface area contributed by atoms with Gasteiger partial charge in [-0.3, -0.25) is 4.90 Å². The van der Waals surface area contributed by atoms with E-state index in [0.717, 1.165) is 47.7 Å². The van der Waals surface area contributed by atoms with E-state index in [2.05, 4.69) is 21.2 Å². The number of hydrogen-bond donors (Lipinski definition) is 0. The van der Waals surface area contributed by atoms with Gasteiger partial charge in [0, 0.05) is 29.6 Å². The van der Waals surface area contributed by atoms with Crippen LogP contribution >= 0.6 is 23.5 Å². The average molecular weight is 463 g/mol. The van der Waals surface area contributed by atoms with E-state index in [1.807, 2.05) is 36.9 Å². The molecule has 3 rings (SSSR count). The molecular formula is C22H27ClN4O3S. The van der Waals surface area contributed by atoms with Gasteiger partial charge in [-0.15, -0.1) is 0 Å². The third-order valence-corrected chi connectivity index (χ3v) is 6.67. The summed E-state index contributed by atoms with van der Waals surface area (Å²) in [6.45, 7) is 11.7. The Kier molecular flexibility index (Phi) is 8.17. The standard InChI is InChI=1S/C22H27ClN4O3S/c1-5-19(23)13-24-30-25-16(3)17(4)31-26-11-9-20(10-12-26)27-21-15(2)7-6-8-18(21)14-29-22(27)28/h5-8,13,20H,4,9-12,14H2,1-3H3/b19-5+,24-13+,25-16+. The second kappa shape index (κ2) is 10.8. The summed E-state index contributed by atoms with van der Waals surface area (Å²) in [5.41, 5.74) is 3.82. The molecule has 0 N–H and O–H groups in total. The Hall–Kier alpha value is -2.29. The number of allylic oxidation sites excluding steroid dienone is 3. The van der Waals surface area contributed by atoms with Crippen LogP contribution < -0.4 is 4.90 Å². The Morgan fingerprint density at radius 1 is 1.39 bits per heavy atom. The lowest BCUT2D eigenvalue weighted by Crippen LogP contribution is -2.48. The molecule has 0 aliphatic carbocycles. The first kappa shape index (κ1) is 23.4. The molecule has 2 aliphatic rings. The number of nitrogens with zero attached hydrogens (tertiary/aromatic N) is 4. The number of amides is 1. The van der Waals surface area contributed by atoms with Crippen LogP contribution in [0.25, 0.3) is 0 Å². The number of para-hydroxylation sites is 1. The minimum Gasteiger partial charge on any atom is -0.444 e. The molecule has 1 saturated heterocycles. The molecule has 1 aromatic rings. The molecule has 0 spiro atoms. The summed E-state index contributed by atoms with van der Waals surface area (Å²) in [6, 6.07) is 6.18. The van der Waals surface area contributed by atoms with Crippen LogP contribution in [0.3, 0.4) is 0 Å². The second-order valence-electron chi connectivity index (χ2n) is 7.35. The number of carbonyl (C=O) groups excluding carboxylic acids is 1. The van der Waals surface area contributed by atoms with Crippen LogP contribution in [0.1, 0.15) is 37.8 Å². The van der Waals surface area contributed by atoms with Gasteiger partial charge in [-0.25, -0.2) is 14.0 Å². The highest BCUT2D eigenvalue weighted by atomic mass is 35.5. The lowest BCUT2D eigenvalue weighted by Gasteiger charge is -2.40. The van der Waals surface area contributed by atoms with Gasteiger partial charge in [-0.2, -0.15) is 0 Å². The molecule has 0 radical (unpaired) electrons. The average Bonchev–Trinajstić information content (AvgIpc) is 2.77. The van der Waals surface area contributed by atoms with Crippen molar-refractivity contribution in [1.82, 2.24) is 4.31 Å². The van der Waals surface area contributed by atoms with E-state index in [4.69, 9.17) is 21.3 Å². The Morgan fingerprint density at radius 2 is 2.13 bits per heavy atom. The SMILES string of the molecule is C=C(SN1CCC(N2C(=O)OCc3cccc(C)c32)CC1)/C(C)=N/O/N=C/C(Cl)=C\C. The van der Waals surface area contributed by atoms with Crippen molar-refractivity contribution in [2.75, 3.05) is 18.0 Å². The van der Waals surface area contributed by atoms with Crippen LogP contribution in [0.2, 0.25) is 0 Å². The number of benzene rings is 1. The summed E-state index contributed by atoms with van der Waals surface area (Å²) in [5.74, 6) is 0. The summed E-state index contributed by atoms with van der Waals surface area (Å²) < 4.78 is 7.65. The zero-order valence-corrected chi connectivity index (χ0v) is 19.6. The molecule has 0 unspecified atom stereocenters. The monoisotopic (exact) mass is 462 g/mol. The van der Waals surface area contributed by atoms with Crippen molar-refractivity contribution < 1.29 is 14.5 Å². The van der Waals surface area contributed by atoms with Gasteiger partial charge < -0.3 is 4.74 Å². The smallest absolute Gasteiger partial charge is 0.414 e. The first-order valence-electron chi connectivity index (χ1n) is 10.1. The second-order valence-corrected chi connectivity index (χ2v) is 8.98. The molecule has 0 bridgehead atoms. The normalized spacial score (nSPS) is 18.8. The molecule has 2 aliphatic heterocycles. The number of anilines is 1. The Labute approximate surface area is 192 Å². The number of cyclic esters (lactones) is 1. The maximum absolute atomic E-state index is 12.6. The van der Waals surface area contributed by atoms with E-state index in [0.29, 0.717) is 17.4 Å². The molecule has 1 fully saturated rings. The van der Waals surface area contributed by atoms with Gasteiger partial charge >= 0.3 is 6.09 Å². The highest BCUT2D eigenvalue weighted by Gasteiger charge is 2.35. The first-order valence-corrected chi connectivity index (χ1v) is 11.3. The van der Waals surface area contributed by atoms with Crippen LogP contribution in [-0.4, -0.2) is 41.5 Å². The molecule has 166 valence electrons. The lowest BCUT2D eigenvalue weighted by molar-refractivity contribution is 0.136. The maximum atomic E-state index is 12.6. The maximum Gasteiger partial charge on any atom is 0.414 e. The number of ether oxygens (including phenoxy) is 1. The van der Waals surface area contributed by atoms with Crippen LogP contribution in [0, 0.1) is 6.92 Å². The van der Waals surface area contributed by atoms with Gasteiger partial charge in [-0.05, 0) is 51.1 Å². The summed E-state index contributed by atoms with van der Waals surface area (Å²) in [4.78, 5) is 20.1. The van der Waals surface area contributed by atoms with Crippen molar-refractivity contribution in [3.05, 3.63) is 51.9 Å². The molecule has 1 amide bonds. The van der Waals surface area contributed by atoms with Crippen LogP contribution in [0.5, 0.6) is 0 Å². The molecule has 0 aromatic heterocycles. The fourth-order valence-electron chi connectivity index (χ4n) is 3.51. The molecular weight excluding hydrogens is 436 g/mol. The minimum absolute atomic E-state index is 0.113. The summed E-state index contributed by atoms with van der Waals surface area (Å²) in [6.07, 6.45) is 4.53. The molecule has 1 aromatic carbocycles.